The lowest BCUT2D eigenvalue weighted by molar-refractivity contribution is -0.118. The summed E-state index contributed by atoms with van der Waals surface area (Å²) in [5, 5.41) is 3.08. The Labute approximate surface area is 132 Å². The number of hydrogen-bond donors (Lipinski definition) is 1. The molecule has 3 rings (SSSR count). The number of halogens is 1. The van der Waals surface area contributed by atoms with Gasteiger partial charge in [0.15, 0.2) is 18.1 Å². The lowest BCUT2D eigenvalue weighted by Gasteiger charge is -2.10. The maximum Gasteiger partial charge on any atom is 0.262 e. The van der Waals surface area contributed by atoms with Crippen molar-refractivity contribution >= 4 is 23.2 Å². The number of hydrogen-bond acceptors (Lipinski definition) is 4. The van der Waals surface area contributed by atoms with Gasteiger partial charge in [0.05, 0.1) is 10.7 Å². The molecule has 114 valence electrons. The minimum absolute atomic E-state index is 0.103. The first-order chi connectivity index (χ1) is 10.6. The number of rotatable bonds is 4. The van der Waals surface area contributed by atoms with Crippen molar-refractivity contribution in [1.82, 2.24) is 0 Å². The van der Waals surface area contributed by atoms with E-state index in [9.17, 15) is 4.79 Å². The average molecular weight is 320 g/mol. The molecule has 22 heavy (non-hydrogen) atoms. The van der Waals surface area contributed by atoms with Gasteiger partial charge in [0.1, 0.15) is 5.75 Å². The van der Waals surface area contributed by atoms with Crippen molar-refractivity contribution in [2.24, 2.45) is 0 Å². The van der Waals surface area contributed by atoms with Crippen LogP contribution in [0.4, 0.5) is 5.69 Å². The Kier molecular flexibility index (Phi) is 4.06. The highest BCUT2D eigenvalue weighted by atomic mass is 35.5. The largest absolute Gasteiger partial charge is 0.484 e. The molecule has 6 heteroatoms. The highest BCUT2D eigenvalue weighted by Crippen LogP contribution is 2.39. The molecule has 0 bridgehead atoms. The van der Waals surface area contributed by atoms with Crippen molar-refractivity contribution in [2.75, 3.05) is 18.7 Å². The molecule has 0 fully saturated rings. The van der Waals surface area contributed by atoms with Crippen molar-refractivity contribution in [3.8, 4) is 17.2 Å². The van der Waals surface area contributed by atoms with Crippen LogP contribution in [0.25, 0.3) is 0 Å². The Morgan fingerprint density at radius 1 is 1.27 bits per heavy atom. The Morgan fingerprint density at radius 2 is 2.05 bits per heavy atom. The summed E-state index contributed by atoms with van der Waals surface area (Å²) in [6.45, 7) is 2.01. The summed E-state index contributed by atoms with van der Waals surface area (Å²) in [7, 11) is 0. The Morgan fingerprint density at radius 3 is 2.82 bits per heavy atom. The van der Waals surface area contributed by atoms with Gasteiger partial charge in [-0.05, 0) is 24.6 Å². The summed E-state index contributed by atoms with van der Waals surface area (Å²) >= 11 is 6.10. The third kappa shape index (κ3) is 3.26. The van der Waals surface area contributed by atoms with Crippen LogP contribution in [0.3, 0.4) is 0 Å². The molecule has 0 aliphatic carbocycles. The quantitative estimate of drug-likeness (QED) is 0.938. The molecule has 0 atom stereocenters. The highest BCUT2D eigenvalue weighted by Gasteiger charge is 2.17. The second-order valence-corrected chi connectivity index (χ2v) is 5.25. The Balaban J connectivity index is 1.62. The van der Waals surface area contributed by atoms with Gasteiger partial charge in [0, 0.05) is 12.1 Å². The van der Waals surface area contributed by atoms with E-state index in [2.05, 4.69) is 5.32 Å². The number of carbonyl (C=O) groups excluding carboxylic acids is 1. The van der Waals surface area contributed by atoms with Crippen LogP contribution in [0.5, 0.6) is 17.2 Å². The smallest absolute Gasteiger partial charge is 0.262 e. The summed E-state index contributed by atoms with van der Waals surface area (Å²) in [5.74, 6) is 1.47. The topological polar surface area (TPSA) is 56.8 Å². The second kappa shape index (κ2) is 6.15. The fourth-order valence-electron chi connectivity index (χ4n) is 2.05. The minimum atomic E-state index is -0.303. The van der Waals surface area contributed by atoms with Gasteiger partial charge in [0.25, 0.3) is 5.91 Å². The summed E-state index contributed by atoms with van der Waals surface area (Å²) < 4.78 is 15.9. The molecule has 2 aromatic rings. The first kappa shape index (κ1) is 14.5. The number of aryl methyl sites for hydroxylation is 1. The van der Waals surface area contributed by atoms with Crippen molar-refractivity contribution in [2.45, 2.75) is 6.92 Å². The predicted octanol–water partition coefficient (Wildman–Crippen LogP) is 3.39. The lowest BCUT2D eigenvalue weighted by atomic mass is 10.2. The third-order valence-electron chi connectivity index (χ3n) is 3.10. The zero-order chi connectivity index (χ0) is 15.5. The number of ether oxygens (including phenoxy) is 3. The summed E-state index contributed by atoms with van der Waals surface area (Å²) in [6.07, 6.45) is 0. The second-order valence-electron chi connectivity index (χ2n) is 4.84. The van der Waals surface area contributed by atoms with E-state index in [4.69, 9.17) is 25.8 Å². The number of anilines is 1. The minimum Gasteiger partial charge on any atom is -0.484 e. The normalized spacial score (nSPS) is 12.1. The van der Waals surface area contributed by atoms with Crippen LogP contribution in [0.2, 0.25) is 5.02 Å². The van der Waals surface area contributed by atoms with E-state index in [-0.39, 0.29) is 19.3 Å². The van der Waals surface area contributed by atoms with Gasteiger partial charge in [-0.15, -0.1) is 0 Å². The highest BCUT2D eigenvalue weighted by molar-refractivity contribution is 6.34. The van der Waals surface area contributed by atoms with E-state index < -0.39 is 0 Å². The monoisotopic (exact) mass is 319 g/mol. The zero-order valence-corrected chi connectivity index (χ0v) is 12.6. The van der Waals surface area contributed by atoms with E-state index in [0.29, 0.717) is 28.0 Å². The first-order valence-electron chi connectivity index (χ1n) is 6.70. The third-order valence-corrected chi connectivity index (χ3v) is 3.41. The molecular formula is C16H14ClNO4. The van der Waals surface area contributed by atoms with E-state index in [1.807, 2.05) is 25.1 Å². The number of fused-ring (bicyclic) bond motifs is 1. The van der Waals surface area contributed by atoms with Crippen molar-refractivity contribution < 1.29 is 19.0 Å². The molecule has 0 radical (unpaired) electrons. The predicted molar refractivity (Wildman–Crippen MR) is 82.9 cm³/mol. The van der Waals surface area contributed by atoms with E-state index in [1.54, 1.807) is 18.2 Å². The summed E-state index contributed by atoms with van der Waals surface area (Å²) in [4.78, 5) is 12.0. The summed E-state index contributed by atoms with van der Waals surface area (Å²) in [6, 6.07) is 10.7. The zero-order valence-electron chi connectivity index (χ0n) is 11.9. The van der Waals surface area contributed by atoms with Gasteiger partial charge in [-0.1, -0.05) is 23.7 Å². The van der Waals surface area contributed by atoms with Crippen LogP contribution in [-0.2, 0) is 4.79 Å². The van der Waals surface area contributed by atoms with Crippen LogP contribution in [0, 0.1) is 6.92 Å². The van der Waals surface area contributed by atoms with Crippen molar-refractivity contribution in [1.29, 1.82) is 0 Å². The Hall–Kier alpha value is -2.40. The molecular weight excluding hydrogens is 306 g/mol. The maximum atomic E-state index is 12.0. The molecule has 5 nitrogen and oxygen atoms in total. The lowest BCUT2D eigenvalue weighted by Crippen LogP contribution is -2.20. The SMILES string of the molecule is Cc1cccc(OCC(=O)Nc2cc3c(cc2Cl)OCO3)c1. The molecule has 1 N–H and O–H groups in total. The van der Waals surface area contributed by atoms with E-state index in [1.165, 1.54) is 0 Å². The van der Waals surface area contributed by atoms with Crippen molar-refractivity contribution in [3.05, 3.63) is 47.0 Å². The van der Waals surface area contributed by atoms with E-state index >= 15 is 0 Å². The number of amides is 1. The standard InChI is InChI=1S/C16H14ClNO4/c1-10-3-2-4-11(5-10)20-8-16(19)18-13-7-15-14(6-12(13)17)21-9-22-15/h2-7H,8-9H2,1H3,(H,18,19). The number of nitrogens with one attached hydrogen (secondary N) is 1. The van der Waals surface area contributed by atoms with Crippen LogP contribution in [0.1, 0.15) is 5.56 Å². The molecule has 1 aliphatic heterocycles. The van der Waals surface area contributed by atoms with E-state index in [0.717, 1.165) is 5.56 Å². The average Bonchev–Trinajstić information content (AvgIpc) is 2.93. The van der Waals surface area contributed by atoms with Crippen LogP contribution < -0.4 is 19.5 Å². The van der Waals surface area contributed by atoms with Gasteiger partial charge >= 0.3 is 0 Å². The van der Waals surface area contributed by atoms with Gasteiger partial charge in [0.2, 0.25) is 6.79 Å². The fourth-order valence-corrected chi connectivity index (χ4v) is 2.25. The molecule has 2 aromatic carbocycles. The molecule has 0 spiro atoms. The molecule has 0 saturated carbocycles. The van der Waals surface area contributed by atoms with Gasteiger partial charge < -0.3 is 19.5 Å². The fraction of sp³-hybridized carbons (Fsp3) is 0.188. The van der Waals surface area contributed by atoms with Crippen LogP contribution >= 0.6 is 11.6 Å². The number of carbonyl (C=O) groups is 1. The van der Waals surface area contributed by atoms with Gasteiger partial charge in [-0.25, -0.2) is 0 Å². The van der Waals surface area contributed by atoms with Gasteiger partial charge in [-0.2, -0.15) is 0 Å². The molecule has 0 saturated heterocycles. The maximum absolute atomic E-state index is 12.0. The van der Waals surface area contributed by atoms with Gasteiger partial charge in [-0.3, -0.25) is 4.79 Å². The van der Waals surface area contributed by atoms with Crippen molar-refractivity contribution in [3.63, 3.8) is 0 Å². The summed E-state index contributed by atoms with van der Waals surface area (Å²) in [5.41, 5.74) is 1.53. The molecule has 1 amide bonds. The molecule has 1 aliphatic rings. The Bertz CT molecular complexity index is 717. The molecule has 0 unspecified atom stereocenters. The molecule has 0 aromatic heterocycles. The molecule has 1 heterocycles. The first-order valence-corrected chi connectivity index (χ1v) is 7.08. The number of benzene rings is 2. The van der Waals surface area contributed by atoms with Crippen LogP contribution in [-0.4, -0.2) is 19.3 Å². The van der Waals surface area contributed by atoms with Crippen LogP contribution in [0.15, 0.2) is 36.4 Å².